The van der Waals surface area contributed by atoms with Gasteiger partial charge in [-0.2, -0.15) is 13.2 Å². The van der Waals surface area contributed by atoms with Gasteiger partial charge in [-0.05, 0) is 6.92 Å². The monoisotopic (exact) mass is 281 g/mol. The van der Waals surface area contributed by atoms with Gasteiger partial charge in [0, 0.05) is 32.6 Å². The zero-order valence-electron chi connectivity index (χ0n) is 10.9. The van der Waals surface area contributed by atoms with Crippen LogP contribution in [0, 0.1) is 5.92 Å². The number of carbonyl (C=O) groups excluding carboxylic acids is 2. The molecule has 0 spiro atoms. The van der Waals surface area contributed by atoms with Gasteiger partial charge >= 0.3 is 6.18 Å². The summed E-state index contributed by atoms with van der Waals surface area (Å²) in [7, 11) is 1.54. The molecular formula is C11H18F3N3O2. The molecule has 8 heteroatoms. The first-order chi connectivity index (χ1) is 8.65. The largest absolute Gasteiger partial charge is 0.406 e. The molecule has 19 heavy (non-hydrogen) atoms. The highest BCUT2D eigenvalue weighted by molar-refractivity contribution is 5.89. The van der Waals surface area contributed by atoms with Gasteiger partial charge in [0.15, 0.2) is 0 Å². The van der Waals surface area contributed by atoms with Crippen LogP contribution in [0.3, 0.4) is 0 Å². The number of likely N-dealkylation sites (tertiary alicyclic amines) is 1. The lowest BCUT2D eigenvalue weighted by molar-refractivity contribution is -0.157. The van der Waals surface area contributed by atoms with Gasteiger partial charge in [-0.15, -0.1) is 0 Å². The van der Waals surface area contributed by atoms with Gasteiger partial charge in [0.2, 0.25) is 11.8 Å². The Morgan fingerprint density at radius 2 is 2.16 bits per heavy atom. The van der Waals surface area contributed by atoms with Crippen molar-refractivity contribution in [3.63, 3.8) is 0 Å². The van der Waals surface area contributed by atoms with Gasteiger partial charge in [-0.1, -0.05) is 0 Å². The van der Waals surface area contributed by atoms with E-state index in [-0.39, 0.29) is 31.5 Å². The molecule has 1 heterocycles. The third kappa shape index (κ3) is 4.09. The van der Waals surface area contributed by atoms with E-state index >= 15 is 0 Å². The first-order valence-electron chi connectivity index (χ1n) is 5.97. The van der Waals surface area contributed by atoms with Crippen LogP contribution in [0.15, 0.2) is 0 Å². The Morgan fingerprint density at radius 3 is 2.63 bits per heavy atom. The second-order valence-electron chi connectivity index (χ2n) is 4.82. The highest BCUT2D eigenvalue weighted by atomic mass is 19.4. The van der Waals surface area contributed by atoms with Gasteiger partial charge in [0.25, 0.3) is 0 Å². The third-order valence-corrected chi connectivity index (χ3v) is 3.28. The van der Waals surface area contributed by atoms with E-state index in [1.165, 1.54) is 11.9 Å². The van der Waals surface area contributed by atoms with Crippen molar-refractivity contribution in [1.29, 1.82) is 0 Å². The maximum Gasteiger partial charge on any atom is 0.406 e. The van der Waals surface area contributed by atoms with Crippen molar-refractivity contribution < 1.29 is 22.8 Å². The summed E-state index contributed by atoms with van der Waals surface area (Å²) in [6, 6.07) is -0.209. The number of halogens is 3. The Morgan fingerprint density at radius 1 is 1.58 bits per heavy atom. The average Bonchev–Trinajstić information content (AvgIpc) is 2.65. The summed E-state index contributed by atoms with van der Waals surface area (Å²) in [6.07, 6.45) is -4.61. The zero-order chi connectivity index (χ0) is 14.8. The zero-order valence-corrected chi connectivity index (χ0v) is 10.9. The van der Waals surface area contributed by atoms with Crippen LogP contribution in [-0.2, 0) is 9.59 Å². The van der Waals surface area contributed by atoms with E-state index in [4.69, 9.17) is 5.73 Å². The van der Waals surface area contributed by atoms with E-state index in [1.807, 2.05) is 0 Å². The number of nitrogens with zero attached hydrogens (tertiary/aromatic N) is 2. The van der Waals surface area contributed by atoms with Crippen molar-refractivity contribution >= 4 is 11.8 Å². The fourth-order valence-electron chi connectivity index (χ4n) is 1.97. The van der Waals surface area contributed by atoms with Crippen molar-refractivity contribution in [3.05, 3.63) is 0 Å². The molecule has 1 fully saturated rings. The predicted molar refractivity (Wildman–Crippen MR) is 62.0 cm³/mol. The predicted octanol–water partition coefficient (Wildman–Crippen LogP) is 0.203. The molecule has 0 bridgehead atoms. The number of hydrogen-bond donors (Lipinski definition) is 1. The molecule has 5 nitrogen and oxygen atoms in total. The van der Waals surface area contributed by atoms with Gasteiger partial charge in [0.1, 0.15) is 6.54 Å². The van der Waals surface area contributed by atoms with Crippen molar-refractivity contribution in [2.24, 2.45) is 11.7 Å². The normalized spacial score (nSPS) is 21.7. The molecule has 1 rings (SSSR count). The Balaban J connectivity index is 2.64. The summed E-state index contributed by atoms with van der Waals surface area (Å²) >= 11 is 0. The van der Waals surface area contributed by atoms with E-state index in [0.717, 1.165) is 0 Å². The molecule has 0 aromatic heterocycles. The smallest absolute Gasteiger partial charge is 0.341 e. The van der Waals surface area contributed by atoms with Crippen LogP contribution in [-0.4, -0.2) is 60.5 Å². The molecule has 0 saturated carbocycles. The lowest BCUT2D eigenvalue weighted by Crippen LogP contribution is -2.43. The molecule has 2 N–H and O–H groups in total. The van der Waals surface area contributed by atoms with Gasteiger partial charge in [-0.25, -0.2) is 0 Å². The Hall–Kier alpha value is -1.31. The van der Waals surface area contributed by atoms with Crippen LogP contribution >= 0.6 is 0 Å². The number of rotatable bonds is 4. The van der Waals surface area contributed by atoms with Crippen molar-refractivity contribution in [2.45, 2.75) is 25.6 Å². The number of alkyl halides is 3. The van der Waals surface area contributed by atoms with E-state index in [0.29, 0.717) is 4.90 Å². The van der Waals surface area contributed by atoms with Crippen LogP contribution in [0.4, 0.5) is 13.2 Å². The number of hydrogen-bond acceptors (Lipinski definition) is 3. The lowest BCUT2D eigenvalue weighted by Gasteiger charge is -2.26. The van der Waals surface area contributed by atoms with Gasteiger partial charge < -0.3 is 15.5 Å². The second-order valence-corrected chi connectivity index (χ2v) is 4.82. The molecule has 1 aliphatic rings. The van der Waals surface area contributed by atoms with Crippen molar-refractivity contribution in [1.82, 2.24) is 9.80 Å². The van der Waals surface area contributed by atoms with Gasteiger partial charge in [-0.3, -0.25) is 9.59 Å². The summed E-state index contributed by atoms with van der Waals surface area (Å²) in [5.74, 6) is -1.69. The highest BCUT2D eigenvalue weighted by Gasteiger charge is 2.41. The number of nitrogens with two attached hydrogens (primary N) is 1. The SMILES string of the molecule is CC(CN)N(C)C(=O)C1CC(=O)N(CC(F)(F)F)C1. The van der Waals surface area contributed by atoms with Crippen LogP contribution in [0.5, 0.6) is 0 Å². The van der Waals surface area contributed by atoms with E-state index in [2.05, 4.69) is 0 Å². The van der Waals surface area contributed by atoms with Crippen molar-refractivity contribution in [2.75, 3.05) is 26.7 Å². The molecule has 2 atom stereocenters. The minimum Gasteiger partial charge on any atom is -0.341 e. The summed E-state index contributed by atoms with van der Waals surface area (Å²) < 4.78 is 36.7. The highest BCUT2D eigenvalue weighted by Crippen LogP contribution is 2.25. The van der Waals surface area contributed by atoms with Crippen LogP contribution in [0.25, 0.3) is 0 Å². The van der Waals surface area contributed by atoms with Crippen LogP contribution in [0.1, 0.15) is 13.3 Å². The first-order valence-corrected chi connectivity index (χ1v) is 5.97. The molecule has 2 amide bonds. The van der Waals surface area contributed by atoms with Gasteiger partial charge in [0.05, 0.1) is 5.92 Å². The fraction of sp³-hybridized carbons (Fsp3) is 0.818. The topological polar surface area (TPSA) is 66.6 Å². The van der Waals surface area contributed by atoms with Crippen molar-refractivity contribution in [3.8, 4) is 0 Å². The Kier molecular flexibility index (Phi) is 4.78. The Labute approximate surface area is 109 Å². The summed E-state index contributed by atoms with van der Waals surface area (Å²) in [6.45, 7) is 0.516. The van der Waals surface area contributed by atoms with Crippen LogP contribution < -0.4 is 5.73 Å². The third-order valence-electron chi connectivity index (χ3n) is 3.28. The first kappa shape index (κ1) is 15.7. The maximum absolute atomic E-state index is 12.2. The summed E-state index contributed by atoms with van der Waals surface area (Å²) in [5.41, 5.74) is 5.43. The van der Waals surface area contributed by atoms with E-state index in [9.17, 15) is 22.8 Å². The molecule has 1 aliphatic heterocycles. The molecular weight excluding hydrogens is 263 g/mol. The lowest BCUT2D eigenvalue weighted by atomic mass is 10.1. The summed E-state index contributed by atoms with van der Waals surface area (Å²) in [4.78, 5) is 25.5. The minimum absolute atomic E-state index is 0.170. The fourth-order valence-corrected chi connectivity index (χ4v) is 1.97. The maximum atomic E-state index is 12.2. The molecule has 2 unspecified atom stereocenters. The number of carbonyl (C=O) groups is 2. The average molecular weight is 281 g/mol. The molecule has 0 radical (unpaired) electrons. The van der Waals surface area contributed by atoms with Crippen LogP contribution in [0.2, 0.25) is 0 Å². The van der Waals surface area contributed by atoms with E-state index < -0.39 is 24.5 Å². The number of amides is 2. The minimum atomic E-state index is -4.44. The van der Waals surface area contributed by atoms with E-state index in [1.54, 1.807) is 6.92 Å². The summed E-state index contributed by atoms with van der Waals surface area (Å²) in [5, 5.41) is 0. The molecule has 0 aromatic rings. The molecule has 1 saturated heterocycles. The molecule has 0 aromatic carbocycles. The molecule has 110 valence electrons. The molecule has 0 aliphatic carbocycles. The quantitative estimate of drug-likeness (QED) is 0.800. The Bertz CT molecular complexity index is 360. The standard InChI is InChI=1S/C11H18F3N3O2/c1-7(4-15)16(2)10(19)8-3-9(18)17(5-8)6-11(12,13)14/h7-8H,3-6,15H2,1-2H3. The number of likely N-dealkylation sites (N-methyl/N-ethyl adjacent to an activating group) is 1. The second kappa shape index (κ2) is 5.77.